The van der Waals surface area contributed by atoms with E-state index in [2.05, 4.69) is 41.9 Å². The highest BCUT2D eigenvalue weighted by molar-refractivity contribution is 7.97. The minimum Gasteiger partial charge on any atom is -0.297 e. The van der Waals surface area contributed by atoms with E-state index < -0.39 is 0 Å². The molecule has 0 spiro atoms. The van der Waals surface area contributed by atoms with Gasteiger partial charge in [-0.1, -0.05) is 13.8 Å². The van der Waals surface area contributed by atoms with Gasteiger partial charge in [0, 0.05) is 23.0 Å². The first-order chi connectivity index (χ1) is 6.70. The quantitative estimate of drug-likeness (QED) is 0.798. The number of aromatic nitrogens is 2. The van der Waals surface area contributed by atoms with Crippen molar-refractivity contribution in [2.75, 3.05) is 6.26 Å². The summed E-state index contributed by atoms with van der Waals surface area (Å²) in [6, 6.07) is 0. The molecular weight excluding hydrogens is 212 g/mol. The van der Waals surface area contributed by atoms with Gasteiger partial charge in [-0.15, -0.1) is 11.3 Å². The maximum absolute atomic E-state index is 4.59. The molecule has 0 saturated heterocycles. The summed E-state index contributed by atoms with van der Waals surface area (Å²) in [6.45, 7) is 4.35. The first kappa shape index (κ1) is 10.1. The van der Waals surface area contributed by atoms with Crippen molar-refractivity contribution in [3.63, 3.8) is 0 Å². The summed E-state index contributed by atoms with van der Waals surface area (Å²) < 4.78 is 2.14. The Morgan fingerprint density at radius 1 is 1.50 bits per heavy atom. The fourth-order valence-electron chi connectivity index (χ4n) is 1.35. The normalized spacial score (nSPS) is 11.7. The molecule has 4 heteroatoms. The number of fused-ring (bicyclic) bond motifs is 1. The zero-order chi connectivity index (χ0) is 10.1. The van der Waals surface area contributed by atoms with Gasteiger partial charge in [0.25, 0.3) is 0 Å². The van der Waals surface area contributed by atoms with Crippen LogP contribution in [0, 0.1) is 0 Å². The van der Waals surface area contributed by atoms with E-state index in [0.717, 1.165) is 10.7 Å². The number of hydrogen-bond donors (Lipinski definition) is 0. The van der Waals surface area contributed by atoms with E-state index in [1.807, 2.05) is 11.8 Å². The fraction of sp³-hybridized carbons (Fsp3) is 0.500. The van der Waals surface area contributed by atoms with Crippen molar-refractivity contribution in [3.8, 4) is 0 Å². The van der Waals surface area contributed by atoms with E-state index in [9.17, 15) is 0 Å². The Kier molecular flexibility index (Phi) is 2.83. The van der Waals surface area contributed by atoms with Crippen LogP contribution in [-0.2, 0) is 5.75 Å². The van der Waals surface area contributed by atoms with E-state index in [4.69, 9.17) is 0 Å². The third-order valence-electron chi connectivity index (χ3n) is 2.10. The van der Waals surface area contributed by atoms with Crippen LogP contribution in [0.1, 0.15) is 30.3 Å². The van der Waals surface area contributed by atoms with E-state index >= 15 is 0 Å². The van der Waals surface area contributed by atoms with Crippen molar-refractivity contribution in [2.24, 2.45) is 0 Å². The van der Waals surface area contributed by atoms with Crippen molar-refractivity contribution in [1.82, 2.24) is 9.38 Å². The molecular formula is C10H14N2S2. The number of imidazole rings is 1. The standard InChI is InChI=1S/C10H14N2S2/c1-7(2)9-5-12-4-8(6-13-3)14-10(12)11-9/h4-5,7H,6H2,1-3H3. The number of thiazole rings is 1. The third kappa shape index (κ3) is 1.81. The average molecular weight is 226 g/mol. The van der Waals surface area contributed by atoms with Crippen molar-refractivity contribution in [1.29, 1.82) is 0 Å². The molecule has 2 aromatic rings. The summed E-state index contributed by atoms with van der Waals surface area (Å²) in [7, 11) is 0. The van der Waals surface area contributed by atoms with Crippen molar-refractivity contribution < 1.29 is 0 Å². The largest absolute Gasteiger partial charge is 0.297 e. The molecule has 0 aliphatic heterocycles. The van der Waals surface area contributed by atoms with Crippen LogP contribution in [0.3, 0.4) is 0 Å². The molecule has 2 rings (SSSR count). The highest BCUT2D eigenvalue weighted by Crippen LogP contribution is 2.23. The van der Waals surface area contributed by atoms with E-state index in [1.54, 1.807) is 11.3 Å². The zero-order valence-corrected chi connectivity index (χ0v) is 10.3. The third-order valence-corrected chi connectivity index (χ3v) is 3.88. The number of hydrogen-bond acceptors (Lipinski definition) is 3. The minimum absolute atomic E-state index is 0.520. The minimum atomic E-state index is 0.520. The van der Waals surface area contributed by atoms with Gasteiger partial charge in [0.15, 0.2) is 4.96 Å². The Balaban J connectivity index is 2.35. The number of rotatable bonds is 3. The lowest BCUT2D eigenvalue weighted by Crippen LogP contribution is -1.85. The number of nitrogens with zero attached hydrogens (tertiary/aromatic N) is 2. The first-order valence-electron chi connectivity index (χ1n) is 4.67. The van der Waals surface area contributed by atoms with Gasteiger partial charge in [0.05, 0.1) is 5.69 Å². The second-order valence-corrected chi connectivity index (χ2v) is 5.60. The summed E-state index contributed by atoms with van der Waals surface area (Å²) >= 11 is 3.64. The molecule has 14 heavy (non-hydrogen) atoms. The second-order valence-electron chi connectivity index (χ2n) is 3.64. The predicted molar refractivity (Wildman–Crippen MR) is 64.4 cm³/mol. The van der Waals surface area contributed by atoms with Gasteiger partial charge in [-0.05, 0) is 12.2 Å². The highest BCUT2D eigenvalue weighted by atomic mass is 32.2. The molecule has 2 nitrogen and oxygen atoms in total. The molecule has 0 aliphatic rings. The van der Waals surface area contributed by atoms with Gasteiger partial charge in [-0.2, -0.15) is 11.8 Å². The Morgan fingerprint density at radius 2 is 2.29 bits per heavy atom. The lowest BCUT2D eigenvalue weighted by molar-refractivity contribution is 0.834. The molecule has 0 amide bonds. The SMILES string of the molecule is CSCc1cn2cc(C(C)C)nc2s1. The topological polar surface area (TPSA) is 17.3 Å². The van der Waals surface area contributed by atoms with Gasteiger partial charge in [0.1, 0.15) is 0 Å². The molecule has 2 heterocycles. The summed E-state index contributed by atoms with van der Waals surface area (Å²) in [5, 5.41) is 0. The smallest absolute Gasteiger partial charge is 0.194 e. The lowest BCUT2D eigenvalue weighted by atomic mass is 10.2. The fourth-order valence-corrected chi connectivity index (χ4v) is 3.06. The summed E-state index contributed by atoms with van der Waals surface area (Å²) in [6.07, 6.45) is 6.46. The van der Waals surface area contributed by atoms with Crippen LogP contribution in [0.4, 0.5) is 0 Å². The van der Waals surface area contributed by atoms with E-state index in [-0.39, 0.29) is 0 Å². The molecule has 0 aliphatic carbocycles. The van der Waals surface area contributed by atoms with Crippen LogP contribution >= 0.6 is 23.1 Å². The van der Waals surface area contributed by atoms with Crippen LogP contribution in [0.5, 0.6) is 0 Å². The van der Waals surface area contributed by atoms with Gasteiger partial charge in [-0.25, -0.2) is 4.98 Å². The highest BCUT2D eigenvalue weighted by Gasteiger charge is 2.08. The molecule has 0 atom stereocenters. The monoisotopic (exact) mass is 226 g/mol. The van der Waals surface area contributed by atoms with Crippen LogP contribution in [-0.4, -0.2) is 15.6 Å². The van der Waals surface area contributed by atoms with Crippen molar-refractivity contribution in [2.45, 2.75) is 25.5 Å². The number of thioether (sulfide) groups is 1. The van der Waals surface area contributed by atoms with Crippen LogP contribution < -0.4 is 0 Å². The Morgan fingerprint density at radius 3 is 2.86 bits per heavy atom. The maximum Gasteiger partial charge on any atom is 0.194 e. The Labute approximate surface area is 92.4 Å². The molecule has 0 radical (unpaired) electrons. The second kappa shape index (κ2) is 3.95. The van der Waals surface area contributed by atoms with Crippen LogP contribution in [0.25, 0.3) is 4.96 Å². The van der Waals surface area contributed by atoms with Gasteiger partial charge >= 0.3 is 0 Å². The molecule has 0 saturated carbocycles. The molecule has 0 N–H and O–H groups in total. The summed E-state index contributed by atoms with van der Waals surface area (Å²) in [5.41, 5.74) is 1.19. The maximum atomic E-state index is 4.59. The Bertz CT molecular complexity index is 397. The summed E-state index contributed by atoms with van der Waals surface area (Å²) in [5.74, 6) is 1.61. The van der Waals surface area contributed by atoms with Gasteiger partial charge < -0.3 is 0 Å². The van der Waals surface area contributed by atoms with E-state index in [0.29, 0.717) is 5.92 Å². The van der Waals surface area contributed by atoms with Crippen LogP contribution in [0.2, 0.25) is 0 Å². The van der Waals surface area contributed by atoms with Crippen molar-refractivity contribution in [3.05, 3.63) is 23.0 Å². The predicted octanol–water partition coefficient (Wildman–Crippen LogP) is 3.38. The van der Waals surface area contributed by atoms with Gasteiger partial charge in [0.2, 0.25) is 0 Å². The zero-order valence-electron chi connectivity index (χ0n) is 8.65. The van der Waals surface area contributed by atoms with Crippen molar-refractivity contribution >= 4 is 28.1 Å². The molecule has 0 fully saturated rings. The van der Waals surface area contributed by atoms with E-state index in [1.165, 1.54) is 10.6 Å². The lowest BCUT2D eigenvalue weighted by Gasteiger charge is -1.95. The first-order valence-corrected chi connectivity index (χ1v) is 6.88. The molecule has 2 aromatic heterocycles. The summed E-state index contributed by atoms with van der Waals surface area (Å²) in [4.78, 5) is 7.11. The average Bonchev–Trinajstić information content (AvgIpc) is 2.61. The van der Waals surface area contributed by atoms with Gasteiger partial charge in [-0.3, -0.25) is 4.40 Å². The molecule has 76 valence electrons. The van der Waals surface area contributed by atoms with Crippen LogP contribution in [0.15, 0.2) is 12.4 Å². The molecule has 0 aromatic carbocycles. The Hall–Kier alpha value is -0.480. The molecule has 0 unspecified atom stereocenters. The molecule has 0 bridgehead atoms.